The first-order valence-corrected chi connectivity index (χ1v) is 15.3. The van der Waals surface area contributed by atoms with E-state index in [-0.39, 0.29) is 53.7 Å². The van der Waals surface area contributed by atoms with Gasteiger partial charge in [0.2, 0.25) is 11.8 Å². The van der Waals surface area contributed by atoms with Crippen molar-refractivity contribution in [3.05, 3.63) is 88.7 Å². The predicted molar refractivity (Wildman–Crippen MR) is 170 cm³/mol. The van der Waals surface area contributed by atoms with Crippen molar-refractivity contribution in [2.75, 3.05) is 45.9 Å². The first-order valence-electron chi connectivity index (χ1n) is 14.9. The number of aliphatic imine (C=N–C) groups is 1. The lowest BCUT2D eigenvalue weighted by atomic mass is 9.90. The van der Waals surface area contributed by atoms with E-state index in [0.717, 1.165) is 16.5 Å². The standard InChI is InChI=1S/C34H38ClF3N4O2/c1-22-20-41(16-17-42(22)25(4)43)23(2)29-19-30(35)31(28-12-7-10-26-9-5-6-11-27(26)28)32(36)33(29)39-24(3)44-18-8-14-40-15-13-34(37,38)21-40/h5-7,9-12,19,22H,3,8,13-18,20-21H2,1-2,4H3/b29-23+,39-33+. The number of ether oxygens (including phenoxy) is 1. The molecule has 1 unspecified atom stereocenters. The average Bonchev–Trinajstić information content (AvgIpc) is 3.34. The van der Waals surface area contributed by atoms with Gasteiger partial charge < -0.3 is 14.5 Å². The minimum Gasteiger partial charge on any atom is -0.478 e. The second-order valence-corrected chi connectivity index (χ2v) is 12.1. The summed E-state index contributed by atoms with van der Waals surface area (Å²) in [7, 11) is 0. The Hall–Kier alpha value is -3.56. The van der Waals surface area contributed by atoms with Crippen LogP contribution < -0.4 is 0 Å². The van der Waals surface area contributed by atoms with E-state index < -0.39 is 11.7 Å². The molecule has 5 rings (SSSR count). The van der Waals surface area contributed by atoms with Gasteiger partial charge in [0.15, 0.2) is 5.83 Å². The Labute approximate surface area is 261 Å². The zero-order chi connectivity index (χ0) is 31.6. The monoisotopic (exact) mass is 626 g/mol. The molecule has 10 heteroatoms. The van der Waals surface area contributed by atoms with E-state index in [1.54, 1.807) is 17.9 Å². The van der Waals surface area contributed by atoms with Crippen LogP contribution in [0.2, 0.25) is 0 Å². The molecule has 2 aliphatic heterocycles. The van der Waals surface area contributed by atoms with Gasteiger partial charge in [-0.15, -0.1) is 0 Å². The molecule has 0 radical (unpaired) electrons. The minimum atomic E-state index is -2.64. The number of fused-ring (bicyclic) bond motifs is 1. The summed E-state index contributed by atoms with van der Waals surface area (Å²) in [4.78, 5) is 22.2. The number of nitrogens with zero attached hydrogens (tertiary/aromatic N) is 4. The molecule has 0 aromatic heterocycles. The van der Waals surface area contributed by atoms with E-state index in [1.165, 1.54) is 0 Å². The molecule has 44 heavy (non-hydrogen) atoms. The Morgan fingerprint density at radius 1 is 1.14 bits per heavy atom. The lowest BCUT2D eigenvalue weighted by Gasteiger charge is -2.41. The average molecular weight is 627 g/mol. The van der Waals surface area contributed by atoms with E-state index in [9.17, 15) is 13.6 Å². The van der Waals surface area contributed by atoms with E-state index in [0.29, 0.717) is 50.3 Å². The zero-order valence-corrected chi connectivity index (χ0v) is 26.1. The number of benzene rings is 2. The summed E-state index contributed by atoms with van der Waals surface area (Å²) >= 11 is 6.86. The highest BCUT2D eigenvalue weighted by Gasteiger charge is 2.37. The highest BCUT2D eigenvalue weighted by Crippen LogP contribution is 2.41. The molecule has 2 heterocycles. The number of amides is 1. The molecule has 2 aromatic rings. The predicted octanol–water partition coefficient (Wildman–Crippen LogP) is 7.14. The molecular formula is C34H38ClF3N4O2. The Bertz CT molecular complexity index is 1580. The number of likely N-dealkylation sites (tertiary alicyclic amines) is 1. The molecular weight excluding hydrogens is 589 g/mol. The van der Waals surface area contributed by atoms with Gasteiger partial charge >= 0.3 is 0 Å². The summed E-state index contributed by atoms with van der Waals surface area (Å²) in [5.74, 6) is -3.20. The number of carbonyl (C=O) groups excluding carboxylic acids is 1. The third kappa shape index (κ3) is 6.89. The van der Waals surface area contributed by atoms with Crippen molar-refractivity contribution in [2.45, 2.75) is 45.6 Å². The molecule has 1 aliphatic carbocycles. The first-order chi connectivity index (χ1) is 20.9. The van der Waals surface area contributed by atoms with Crippen LogP contribution in [0.25, 0.3) is 16.3 Å². The normalized spacial score (nSPS) is 22.9. The van der Waals surface area contributed by atoms with Gasteiger partial charge in [-0.25, -0.2) is 18.2 Å². The first kappa shape index (κ1) is 31.9. The molecule has 1 atom stereocenters. The van der Waals surface area contributed by atoms with Gasteiger partial charge in [-0.3, -0.25) is 9.69 Å². The third-order valence-corrected chi connectivity index (χ3v) is 8.82. The second-order valence-electron chi connectivity index (χ2n) is 11.7. The fourth-order valence-corrected chi connectivity index (χ4v) is 6.51. The van der Waals surface area contributed by atoms with Gasteiger partial charge in [-0.2, -0.15) is 0 Å². The van der Waals surface area contributed by atoms with Gasteiger partial charge in [0, 0.05) is 69.0 Å². The van der Waals surface area contributed by atoms with E-state index in [1.807, 2.05) is 61.2 Å². The number of piperazine rings is 1. The fourth-order valence-electron chi connectivity index (χ4n) is 6.22. The van der Waals surface area contributed by atoms with Crippen molar-refractivity contribution in [2.24, 2.45) is 4.99 Å². The fraction of sp³-hybridized carbons (Fsp3) is 0.412. The van der Waals surface area contributed by atoms with Gasteiger partial charge in [-0.1, -0.05) is 54.1 Å². The van der Waals surface area contributed by atoms with Gasteiger partial charge in [0.05, 0.1) is 18.2 Å². The second kappa shape index (κ2) is 13.2. The molecule has 234 valence electrons. The summed E-state index contributed by atoms with van der Waals surface area (Å²) in [6.07, 6.45) is 2.11. The Morgan fingerprint density at radius 3 is 2.59 bits per heavy atom. The smallest absolute Gasteiger partial charge is 0.261 e. The summed E-state index contributed by atoms with van der Waals surface area (Å²) < 4.78 is 49.6. The van der Waals surface area contributed by atoms with Crippen LogP contribution in [-0.4, -0.2) is 84.2 Å². The lowest BCUT2D eigenvalue weighted by Crippen LogP contribution is -2.53. The van der Waals surface area contributed by atoms with Crippen LogP contribution in [0.3, 0.4) is 0 Å². The maximum Gasteiger partial charge on any atom is 0.261 e. The minimum absolute atomic E-state index is 0.0191. The molecule has 2 fully saturated rings. The molecule has 0 bridgehead atoms. The maximum absolute atomic E-state index is 16.8. The van der Waals surface area contributed by atoms with E-state index >= 15 is 4.39 Å². The molecule has 2 aromatic carbocycles. The highest BCUT2D eigenvalue weighted by atomic mass is 35.5. The van der Waals surface area contributed by atoms with Crippen LogP contribution in [0.4, 0.5) is 13.2 Å². The lowest BCUT2D eigenvalue weighted by molar-refractivity contribution is -0.132. The number of alkyl halides is 2. The molecule has 0 N–H and O–H groups in total. The van der Waals surface area contributed by atoms with Crippen LogP contribution in [0.5, 0.6) is 0 Å². The maximum atomic E-state index is 16.8. The van der Waals surface area contributed by atoms with Crippen molar-refractivity contribution in [1.82, 2.24) is 14.7 Å². The van der Waals surface area contributed by atoms with Gasteiger partial charge in [-0.05, 0) is 49.3 Å². The molecule has 2 saturated heterocycles. The number of hydrogen-bond donors (Lipinski definition) is 0. The van der Waals surface area contributed by atoms with Gasteiger partial charge in [0.25, 0.3) is 5.92 Å². The summed E-state index contributed by atoms with van der Waals surface area (Å²) in [6.45, 7) is 11.8. The highest BCUT2D eigenvalue weighted by molar-refractivity contribution is 6.41. The third-order valence-electron chi connectivity index (χ3n) is 8.52. The molecule has 0 saturated carbocycles. The largest absolute Gasteiger partial charge is 0.478 e. The topological polar surface area (TPSA) is 48.4 Å². The van der Waals surface area contributed by atoms with Crippen molar-refractivity contribution in [3.8, 4) is 0 Å². The number of rotatable bonds is 8. The molecule has 6 nitrogen and oxygen atoms in total. The number of halogens is 4. The van der Waals surface area contributed by atoms with Crippen LogP contribution >= 0.6 is 11.6 Å². The Balaban J connectivity index is 1.46. The van der Waals surface area contributed by atoms with E-state index in [2.05, 4.69) is 16.5 Å². The Kier molecular flexibility index (Phi) is 9.56. The SMILES string of the molecule is C=C(/N=C1/C(F)=C(c2cccc3ccccc23)C(Cl)=C/C1=C(/C)N1CCN(C(C)=O)C(C)C1)OCCCN1CCC(F)(F)C1. The number of carbonyl (C=O) groups is 1. The van der Waals surface area contributed by atoms with Crippen LogP contribution in [0.1, 0.15) is 39.2 Å². The zero-order valence-electron chi connectivity index (χ0n) is 25.4. The Morgan fingerprint density at radius 2 is 1.89 bits per heavy atom. The summed E-state index contributed by atoms with van der Waals surface area (Å²) in [5, 5.41) is 2.05. The van der Waals surface area contributed by atoms with Crippen molar-refractivity contribution >= 4 is 39.6 Å². The molecule has 3 aliphatic rings. The summed E-state index contributed by atoms with van der Waals surface area (Å²) in [6, 6.07) is 13.3. The molecule has 1 amide bonds. The number of hydrogen-bond acceptors (Lipinski definition) is 5. The van der Waals surface area contributed by atoms with Crippen molar-refractivity contribution in [1.29, 1.82) is 0 Å². The number of allylic oxidation sites excluding steroid dienone is 6. The summed E-state index contributed by atoms with van der Waals surface area (Å²) in [5.41, 5.74) is 2.21. The van der Waals surface area contributed by atoms with Crippen LogP contribution in [0.15, 0.2) is 88.1 Å². The van der Waals surface area contributed by atoms with Crippen LogP contribution in [0, 0.1) is 0 Å². The van der Waals surface area contributed by atoms with Gasteiger partial charge in [0.1, 0.15) is 5.71 Å². The van der Waals surface area contributed by atoms with Crippen molar-refractivity contribution < 1.29 is 22.7 Å². The van der Waals surface area contributed by atoms with Crippen LogP contribution in [-0.2, 0) is 9.53 Å². The quantitative estimate of drug-likeness (QED) is 0.231. The van der Waals surface area contributed by atoms with E-state index in [4.69, 9.17) is 16.3 Å². The molecule has 0 spiro atoms. The van der Waals surface area contributed by atoms with Crippen molar-refractivity contribution in [3.63, 3.8) is 0 Å².